The smallest absolute Gasteiger partial charge is 0.343 e. The van der Waals surface area contributed by atoms with Gasteiger partial charge in [0.1, 0.15) is 11.5 Å². The molecule has 1 saturated heterocycles. The first kappa shape index (κ1) is 37.5. The zero-order valence-electron chi connectivity index (χ0n) is 29.9. The van der Waals surface area contributed by atoms with Gasteiger partial charge in [-0.15, -0.1) is 0 Å². The fourth-order valence-corrected chi connectivity index (χ4v) is 8.02. The Morgan fingerprint density at radius 2 is 1.69 bits per heavy atom. The molecule has 0 spiro atoms. The zero-order valence-corrected chi connectivity index (χ0v) is 29.9. The Labute approximate surface area is 305 Å². The number of unbranched alkanes of at least 4 members (excludes halogenated alkanes) is 1. The van der Waals surface area contributed by atoms with E-state index in [4.69, 9.17) is 9.47 Å². The number of hydrogen-bond donors (Lipinski definition) is 6. The van der Waals surface area contributed by atoms with E-state index in [2.05, 4.69) is 21.7 Å². The first-order valence-electron chi connectivity index (χ1n) is 18.9. The van der Waals surface area contributed by atoms with Crippen LogP contribution in [0.1, 0.15) is 80.6 Å². The summed E-state index contributed by atoms with van der Waals surface area (Å²) in [5.74, 6) is 0.0911. The van der Waals surface area contributed by atoms with Gasteiger partial charge in [-0.3, -0.25) is 4.79 Å². The Kier molecular flexibility index (Phi) is 12.7. The second-order valence-corrected chi connectivity index (χ2v) is 14.6. The van der Waals surface area contributed by atoms with Gasteiger partial charge in [0.15, 0.2) is 5.60 Å². The summed E-state index contributed by atoms with van der Waals surface area (Å²) in [6.07, 6.45) is 7.98. The lowest BCUT2D eigenvalue weighted by molar-refractivity contribution is -0.179. The second-order valence-electron chi connectivity index (χ2n) is 14.6. The van der Waals surface area contributed by atoms with Crippen molar-refractivity contribution in [3.8, 4) is 11.5 Å². The number of carbonyl (C=O) groups is 1. The highest BCUT2D eigenvalue weighted by Crippen LogP contribution is 2.42. The summed E-state index contributed by atoms with van der Waals surface area (Å²) in [7, 11) is 0. The van der Waals surface area contributed by atoms with Crippen LogP contribution in [-0.4, -0.2) is 65.7 Å². The van der Waals surface area contributed by atoms with Gasteiger partial charge >= 0.3 is 5.97 Å². The Morgan fingerprint density at radius 1 is 0.942 bits per heavy atom. The van der Waals surface area contributed by atoms with Crippen LogP contribution >= 0.6 is 0 Å². The molecule has 6 rings (SSSR count). The molecule has 1 aliphatic heterocycles. The van der Waals surface area contributed by atoms with Crippen molar-refractivity contribution in [2.24, 2.45) is 11.3 Å². The largest absolute Gasteiger partial charge is 0.506 e. The molecule has 2 fully saturated rings. The molecule has 0 bridgehead atoms. The quantitative estimate of drug-likeness (QED) is 0.0641. The molecule has 2 atom stereocenters. The van der Waals surface area contributed by atoms with Crippen LogP contribution < -0.4 is 20.9 Å². The van der Waals surface area contributed by atoms with E-state index < -0.39 is 17.7 Å². The fourth-order valence-electron chi connectivity index (χ4n) is 8.02. The molecule has 10 nitrogen and oxygen atoms in total. The minimum Gasteiger partial charge on any atom is -0.506 e. The fraction of sp³-hybridized carbons (Fsp3) is 0.476. The van der Waals surface area contributed by atoms with Crippen LogP contribution in [-0.2, 0) is 21.6 Å². The number of fused-ring (bicyclic) bond motifs is 1. The first-order valence-corrected chi connectivity index (χ1v) is 18.9. The van der Waals surface area contributed by atoms with Crippen molar-refractivity contribution < 1.29 is 29.6 Å². The Morgan fingerprint density at radius 3 is 2.48 bits per heavy atom. The van der Waals surface area contributed by atoms with Crippen LogP contribution in [0, 0.1) is 11.3 Å². The molecule has 1 unspecified atom stereocenters. The third-order valence-electron chi connectivity index (χ3n) is 11.0. The third kappa shape index (κ3) is 8.86. The normalized spacial score (nSPS) is 18.0. The van der Waals surface area contributed by atoms with E-state index in [9.17, 15) is 24.9 Å². The second kappa shape index (κ2) is 17.5. The number of aromatic amines is 1. The molecule has 4 aromatic rings. The van der Waals surface area contributed by atoms with Gasteiger partial charge in [-0.25, -0.2) is 4.79 Å². The summed E-state index contributed by atoms with van der Waals surface area (Å²) in [6, 6.07) is 23.6. The number of rotatable bonds is 16. The Balaban J connectivity index is 1.02. The zero-order chi connectivity index (χ0) is 36.4. The maximum atomic E-state index is 14.0. The van der Waals surface area contributed by atoms with E-state index in [-0.39, 0.29) is 29.2 Å². The maximum Gasteiger partial charge on any atom is 0.343 e. The molecule has 10 heteroatoms. The van der Waals surface area contributed by atoms with Crippen LogP contribution in [0.25, 0.3) is 10.9 Å². The molecular weight excluding hydrogens is 658 g/mol. The number of aliphatic hydroxyl groups is 2. The molecule has 2 aliphatic rings. The minimum absolute atomic E-state index is 0.0333. The van der Waals surface area contributed by atoms with Crippen LogP contribution in [0.3, 0.4) is 0 Å². The molecular formula is C42H53N3O7. The number of pyridine rings is 1. The van der Waals surface area contributed by atoms with Gasteiger partial charge in [0.25, 0.3) is 0 Å². The van der Waals surface area contributed by atoms with Crippen LogP contribution in [0.4, 0.5) is 0 Å². The monoisotopic (exact) mass is 711 g/mol. The van der Waals surface area contributed by atoms with Crippen LogP contribution in [0.2, 0.25) is 0 Å². The van der Waals surface area contributed by atoms with Crippen molar-refractivity contribution in [3.63, 3.8) is 0 Å². The summed E-state index contributed by atoms with van der Waals surface area (Å²) < 4.78 is 12.5. The lowest BCUT2D eigenvalue weighted by atomic mass is 9.73. The SMILES string of the molecule is O=C(OCC1(Cc2ccccc2OCCCCNC[C@H](O)c2ccc(O)c3[nH]c(=O)ccc23)CCNCC1)C(O)(c1ccccc1)C1CCCCC1. The number of H-pyrrole nitrogens is 1. The lowest BCUT2D eigenvalue weighted by Gasteiger charge is -2.40. The van der Waals surface area contributed by atoms with E-state index >= 15 is 0 Å². The summed E-state index contributed by atoms with van der Waals surface area (Å²) >= 11 is 0. The topological polar surface area (TPSA) is 153 Å². The van der Waals surface area contributed by atoms with E-state index in [1.807, 2.05) is 48.5 Å². The molecule has 52 heavy (non-hydrogen) atoms. The highest BCUT2D eigenvalue weighted by atomic mass is 16.6. The van der Waals surface area contributed by atoms with Gasteiger partial charge in [-0.1, -0.05) is 73.9 Å². The molecule has 6 N–H and O–H groups in total. The Bertz CT molecular complexity index is 1820. The average Bonchev–Trinajstić information content (AvgIpc) is 3.18. The van der Waals surface area contributed by atoms with Gasteiger partial charge < -0.3 is 40.4 Å². The van der Waals surface area contributed by atoms with E-state index in [0.29, 0.717) is 48.1 Å². The highest BCUT2D eigenvalue weighted by molar-refractivity contribution is 5.87. The summed E-state index contributed by atoms with van der Waals surface area (Å²) in [5.41, 5.74) is 0.383. The van der Waals surface area contributed by atoms with E-state index in [0.717, 1.165) is 82.2 Å². The number of aromatic nitrogens is 1. The van der Waals surface area contributed by atoms with Gasteiger partial charge in [0, 0.05) is 29.3 Å². The predicted molar refractivity (Wildman–Crippen MR) is 201 cm³/mol. The van der Waals surface area contributed by atoms with Crippen molar-refractivity contribution in [2.45, 2.75) is 75.9 Å². The number of hydrogen-bond acceptors (Lipinski definition) is 9. The molecule has 1 aromatic heterocycles. The van der Waals surface area contributed by atoms with Crippen LogP contribution in [0.5, 0.6) is 11.5 Å². The number of phenols is 1. The summed E-state index contributed by atoms with van der Waals surface area (Å²) in [4.78, 5) is 28.3. The van der Waals surface area contributed by atoms with Crippen molar-refractivity contribution >= 4 is 16.9 Å². The number of nitrogens with one attached hydrogen (secondary N) is 3. The maximum absolute atomic E-state index is 14.0. The van der Waals surface area contributed by atoms with Gasteiger partial charge in [-0.2, -0.15) is 0 Å². The molecule has 1 saturated carbocycles. The van der Waals surface area contributed by atoms with Crippen molar-refractivity contribution in [3.05, 3.63) is 106 Å². The minimum atomic E-state index is -1.66. The first-order chi connectivity index (χ1) is 25.3. The molecule has 3 aromatic carbocycles. The average molecular weight is 712 g/mol. The molecule has 0 radical (unpaired) electrons. The summed E-state index contributed by atoms with van der Waals surface area (Å²) in [6.45, 7) is 3.44. The Hall–Kier alpha value is -4.22. The number of piperidine rings is 1. The van der Waals surface area contributed by atoms with Gasteiger partial charge in [0.2, 0.25) is 5.56 Å². The van der Waals surface area contributed by atoms with Crippen molar-refractivity contribution in [2.75, 3.05) is 39.4 Å². The number of para-hydroxylation sites is 1. The molecule has 0 amide bonds. The van der Waals surface area contributed by atoms with Gasteiger partial charge in [0.05, 0.1) is 24.8 Å². The number of aliphatic hydroxyl groups excluding tert-OH is 1. The third-order valence-corrected chi connectivity index (χ3v) is 11.0. The summed E-state index contributed by atoms with van der Waals surface area (Å²) in [5, 5.41) is 40.4. The number of ether oxygens (including phenoxy) is 2. The lowest BCUT2D eigenvalue weighted by Crippen LogP contribution is -2.48. The van der Waals surface area contributed by atoms with E-state index in [1.54, 1.807) is 12.1 Å². The van der Waals surface area contributed by atoms with Crippen LogP contribution in [0.15, 0.2) is 83.7 Å². The number of phenolic OH excluding ortho intramolecular Hbond substituents is 1. The number of benzene rings is 3. The van der Waals surface area contributed by atoms with Crippen molar-refractivity contribution in [1.29, 1.82) is 0 Å². The van der Waals surface area contributed by atoms with Crippen molar-refractivity contribution in [1.82, 2.24) is 15.6 Å². The molecule has 2 heterocycles. The standard InChI is InChI=1S/C42H53N3O7/c46-35-19-17-33(34-18-20-38(48)45-39(34)35)36(47)28-44-23-9-10-26-51-37-16-8-7-11-30(37)27-41(21-24-43-25-22-41)29-52-40(49)42(50,31-12-3-1-4-13-31)32-14-5-2-6-15-32/h1,3-4,7-8,11-13,16-20,32,36,43-44,46-47,50H,2,5-6,9-10,14-15,21-29H2,(H,45,48)/t36-,42?/m0/s1. The highest BCUT2D eigenvalue weighted by Gasteiger charge is 2.48. The number of aromatic hydroxyl groups is 1. The molecule has 1 aliphatic carbocycles. The predicted octanol–water partition coefficient (Wildman–Crippen LogP) is 5.64. The number of esters is 1. The van der Waals surface area contributed by atoms with Gasteiger partial charge in [-0.05, 0) is 99.5 Å². The number of carbonyl (C=O) groups excluding carboxylic acids is 1. The van der Waals surface area contributed by atoms with E-state index in [1.165, 1.54) is 12.1 Å². The molecule has 278 valence electrons.